The van der Waals surface area contributed by atoms with Gasteiger partial charge in [-0.3, -0.25) is 0 Å². The first-order valence-electron chi connectivity index (χ1n) is 5.20. The second-order valence-electron chi connectivity index (χ2n) is 3.45. The van der Waals surface area contributed by atoms with Crippen molar-refractivity contribution in [3.63, 3.8) is 0 Å². The van der Waals surface area contributed by atoms with Gasteiger partial charge in [-0.2, -0.15) is 0 Å². The van der Waals surface area contributed by atoms with Gasteiger partial charge in [-0.15, -0.1) is 11.8 Å². The van der Waals surface area contributed by atoms with E-state index in [-0.39, 0.29) is 5.97 Å². The van der Waals surface area contributed by atoms with Crippen LogP contribution < -0.4 is 0 Å². The number of carbonyl (C=O) groups excluding carboxylic acids is 1. The van der Waals surface area contributed by atoms with Gasteiger partial charge in [0.2, 0.25) is 0 Å². The Bertz CT molecular complexity index is 565. The molecule has 2 heterocycles. The standard InChI is InChI=1S/C11H13N3O2S/c1-4-16-11(15)7-5-14(2)9-8(7)12-6-13-10(9)17-3/h5-6H,4H2,1-3H3. The summed E-state index contributed by atoms with van der Waals surface area (Å²) in [7, 11) is 1.87. The molecule has 5 nitrogen and oxygen atoms in total. The molecule has 0 aliphatic rings. The quantitative estimate of drug-likeness (QED) is 0.473. The zero-order chi connectivity index (χ0) is 12.4. The third-order valence-corrected chi connectivity index (χ3v) is 3.09. The van der Waals surface area contributed by atoms with Crippen LogP contribution in [0, 0.1) is 0 Å². The minimum atomic E-state index is -0.344. The molecular weight excluding hydrogens is 238 g/mol. The Morgan fingerprint density at radius 2 is 2.29 bits per heavy atom. The van der Waals surface area contributed by atoms with Crippen LogP contribution in [0.25, 0.3) is 11.0 Å². The van der Waals surface area contributed by atoms with Gasteiger partial charge in [0.15, 0.2) is 0 Å². The summed E-state index contributed by atoms with van der Waals surface area (Å²) in [6.07, 6.45) is 5.15. The normalized spacial score (nSPS) is 10.8. The van der Waals surface area contributed by atoms with Gasteiger partial charge in [0, 0.05) is 13.2 Å². The minimum absolute atomic E-state index is 0.344. The SMILES string of the molecule is CCOC(=O)c1cn(C)c2c(SC)ncnc12. The number of hydrogen-bond acceptors (Lipinski definition) is 5. The van der Waals surface area contributed by atoms with Gasteiger partial charge in [-0.05, 0) is 13.2 Å². The molecule has 17 heavy (non-hydrogen) atoms. The van der Waals surface area contributed by atoms with Crippen LogP contribution in [0.4, 0.5) is 0 Å². The van der Waals surface area contributed by atoms with E-state index in [4.69, 9.17) is 4.74 Å². The second-order valence-corrected chi connectivity index (χ2v) is 4.25. The van der Waals surface area contributed by atoms with E-state index in [0.717, 1.165) is 10.5 Å². The molecule has 6 heteroatoms. The Morgan fingerprint density at radius 3 is 2.94 bits per heavy atom. The number of carbonyl (C=O) groups is 1. The highest BCUT2D eigenvalue weighted by Gasteiger charge is 2.18. The van der Waals surface area contributed by atoms with E-state index >= 15 is 0 Å². The first-order chi connectivity index (χ1) is 8.19. The topological polar surface area (TPSA) is 57.0 Å². The molecule has 0 saturated carbocycles. The lowest BCUT2D eigenvalue weighted by Crippen LogP contribution is -2.04. The van der Waals surface area contributed by atoms with Crippen molar-refractivity contribution >= 4 is 28.8 Å². The van der Waals surface area contributed by atoms with Gasteiger partial charge in [0.25, 0.3) is 0 Å². The molecule has 90 valence electrons. The molecule has 0 spiro atoms. The fourth-order valence-corrected chi connectivity index (χ4v) is 2.29. The average Bonchev–Trinajstić information content (AvgIpc) is 2.67. The molecule has 0 aliphatic heterocycles. The second kappa shape index (κ2) is 4.75. The number of aryl methyl sites for hydroxylation is 1. The summed E-state index contributed by atoms with van der Waals surface area (Å²) in [6, 6.07) is 0. The minimum Gasteiger partial charge on any atom is -0.462 e. The Hall–Kier alpha value is -1.56. The van der Waals surface area contributed by atoms with Crippen molar-refractivity contribution in [2.45, 2.75) is 11.9 Å². The largest absolute Gasteiger partial charge is 0.462 e. The summed E-state index contributed by atoms with van der Waals surface area (Å²) in [5.74, 6) is -0.344. The first-order valence-corrected chi connectivity index (χ1v) is 6.42. The number of ether oxygens (including phenoxy) is 1. The number of aromatic nitrogens is 3. The Kier molecular flexibility index (Phi) is 3.33. The van der Waals surface area contributed by atoms with Gasteiger partial charge >= 0.3 is 5.97 Å². The van der Waals surface area contributed by atoms with E-state index in [2.05, 4.69) is 9.97 Å². The lowest BCUT2D eigenvalue weighted by molar-refractivity contribution is 0.0528. The lowest BCUT2D eigenvalue weighted by atomic mass is 10.3. The third-order valence-electron chi connectivity index (χ3n) is 2.41. The van der Waals surface area contributed by atoms with Gasteiger partial charge in [0.05, 0.1) is 6.61 Å². The highest BCUT2D eigenvalue weighted by molar-refractivity contribution is 7.98. The van der Waals surface area contributed by atoms with Crippen molar-refractivity contribution < 1.29 is 9.53 Å². The smallest absolute Gasteiger partial charge is 0.341 e. The zero-order valence-electron chi connectivity index (χ0n) is 9.93. The molecule has 0 amide bonds. The van der Waals surface area contributed by atoms with Crippen LogP contribution in [0.15, 0.2) is 17.6 Å². The lowest BCUT2D eigenvalue weighted by Gasteiger charge is -2.00. The average molecular weight is 251 g/mol. The van der Waals surface area contributed by atoms with Crippen LogP contribution in [0.5, 0.6) is 0 Å². The summed E-state index contributed by atoms with van der Waals surface area (Å²) < 4.78 is 6.86. The van der Waals surface area contributed by atoms with Crippen LogP contribution in [0.1, 0.15) is 17.3 Å². The first kappa shape index (κ1) is 11.9. The summed E-state index contributed by atoms with van der Waals surface area (Å²) in [4.78, 5) is 20.1. The fraction of sp³-hybridized carbons (Fsp3) is 0.364. The molecule has 2 aromatic heterocycles. The van der Waals surface area contributed by atoms with E-state index in [1.807, 2.05) is 17.9 Å². The van der Waals surface area contributed by atoms with Crippen molar-refractivity contribution in [3.8, 4) is 0 Å². The number of fused-ring (bicyclic) bond motifs is 1. The van der Waals surface area contributed by atoms with E-state index in [9.17, 15) is 4.79 Å². The molecule has 2 aromatic rings. The van der Waals surface area contributed by atoms with E-state index < -0.39 is 0 Å². The molecule has 2 rings (SSSR count). The maximum Gasteiger partial charge on any atom is 0.341 e. The predicted molar refractivity (Wildman–Crippen MR) is 66.2 cm³/mol. The Labute approximate surface area is 103 Å². The van der Waals surface area contributed by atoms with Crippen molar-refractivity contribution in [3.05, 3.63) is 18.1 Å². The highest BCUT2D eigenvalue weighted by atomic mass is 32.2. The van der Waals surface area contributed by atoms with Crippen LogP contribution in [0.3, 0.4) is 0 Å². The third kappa shape index (κ3) is 2.00. The van der Waals surface area contributed by atoms with Crippen molar-refractivity contribution in [1.29, 1.82) is 0 Å². The number of rotatable bonds is 3. The van der Waals surface area contributed by atoms with Gasteiger partial charge in [0.1, 0.15) is 28.0 Å². The maximum absolute atomic E-state index is 11.8. The zero-order valence-corrected chi connectivity index (χ0v) is 10.7. The van der Waals surface area contributed by atoms with Crippen molar-refractivity contribution in [1.82, 2.24) is 14.5 Å². The van der Waals surface area contributed by atoms with Crippen molar-refractivity contribution in [2.24, 2.45) is 7.05 Å². The summed E-state index contributed by atoms with van der Waals surface area (Å²) in [6.45, 7) is 2.14. The van der Waals surface area contributed by atoms with Gasteiger partial charge in [-0.1, -0.05) is 0 Å². The number of hydrogen-bond donors (Lipinski definition) is 0. The molecule has 0 saturated heterocycles. The highest BCUT2D eigenvalue weighted by Crippen LogP contribution is 2.26. The monoisotopic (exact) mass is 251 g/mol. The summed E-state index contributed by atoms with van der Waals surface area (Å²) in [5.41, 5.74) is 2.00. The fourth-order valence-electron chi connectivity index (χ4n) is 1.70. The molecule has 0 N–H and O–H groups in total. The van der Waals surface area contributed by atoms with Crippen LogP contribution in [0.2, 0.25) is 0 Å². The number of esters is 1. The molecule has 0 radical (unpaired) electrons. The molecule has 0 fully saturated rings. The van der Waals surface area contributed by atoms with Crippen LogP contribution in [-0.4, -0.2) is 33.4 Å². The molecule has 0 unspecified atom stereocenters. The van der Waals surface area contributed by atoms with Gasteiger partial charge in [-0.25, -0.2) is 14.8 Å². The van der Waals surface area contributed by atoms with Crippen LogP contribution in [-0.2, 0) is 11.8 Å². The molecule has 0 atom stereocenters. The van der Waals surface area contributed by atoms with Gasteiger partial charge < -0.3 is 9.30 Å². The summed E-state index contributed by atoms with van der Waals surface area (Å²) in [5, 5.41) is 0.855. The van der Waals surface area contributed by atoms with Crippen LogP contribution >= 0.6 is 11.8 Å². The molecule has 0 bridgehead atoms. The van der Waals surface area contributed by atoms with Crippen molar-refractivity contribution in [2.75, 3.05) is 12.9 Å². The Morgan fingerprint density at radius 1 is 1.53 bits per heavy atom. The summed E-state index contributed by atoms with van der Waals surface area (Å²) >= 11 is 1.53. The Balaban J connectivity index is 2.63. The molecule has 0 aromatic carbocycles. The number of thioether (sulfide) groups is 1. The van der Waals surface area contributed by atoms with E-state index in [0.29, 0.717) is 17.7 Å². The van der Waals surface area contributed by atoms with E-state index in [1.54, 1.807) is 13.1 Å². The number of nitrogens with zero attached hydrogens (tertiary/aromatic N) is 3. The molecular formula is C11H13N3O2S. The molecule has 0 aliphatic carbocycles. The predicted octanol–water partition coefficient (Wildman–Crippen LogP) is 1.87. The van der Waals surface area contributed by atoms with E-state index in [1.165, 1.54) is 18.1 Å². The maximum atomic E-state index is 11.8.